The molecule has 1 heterocycles. The minimum atomic E-state index is -0.355. The molecule has 0 bridgehead atoms. The molecular weight excluding hydrogens is 319 g/mol. The van der Waals surface area contributed by atoms with E-state index in [0.29, 0.717) is 17.9 Å². The van der Waals surface area contributed by atoms with Crippen LogP contribution in [0.15, 0.2) is 46.1 Å². The predicted octanol–water partition coefficient (Wildman–Crippen LogP) is 2.96. The molecule has 0 unspecified atom stereocenters. The second kappa shape index (κ2) is 4.69. The summed E-state index contributed by atoms with van der Waals surface area (Å²) in [5, 5.41) is 0.884. The Balaban J connectivity index is 2.58. The Kier molecular flexibility index (Phi) is 3.28. The summed E-state index contributed by atoms with van der Waals surface area (Å²) in [4.78, 5) is 11.1. The first-order valence-electron chi connectivity index (χ1n) is 4.68. The van der Waals surface area contributed by atoms with Crippen molar-refractivity contribution >= 4 is 33.6 Å². The number of hydrogen-bond donors (Lipinski definition) is 0. The average molecular weight is 328 g/mol. The predicted molar refractivity (Wildman–Crippen MR) is 70.9 cm³/mol. The van der Waals surface area contributed by atoms with Crippen LogP contribution in [0.2, 0.25) is 0 Å². The van der Waals surface area contributed by atoms with Gasteiger partial charge >= 0.3 is 5.63 Å². The molecule has 0 aliphatic rings. The Labute approximate surface area is 106 Å². The van der Waals surface area contributed by atoms with Gasteiger partial charge < -0.3 is 9.15 Å². The first kappa shape index (κ1) is 11.2. The van der Waals surface area contributed by atoms with Gasteiger partial charge in [-0.2, -0.15) is 0 Å². The molecule has 0 radical (unpaired) electrons. The van der Waals surface area contributed by atoms with Crippen molar-refractivity contribution in [3.8, 4) is 5.75 Å². The Hall–Kier alpha value is -1.30. The molecular formula is C12H9IO3. The summed E-state index contributed by atoms with van der Waals surface area (Å²) in [6, 6.07) is 6.86. The fourth-order valence-electron chi connectivity index (χ4n) is 1.34. The minimum Gasteiger partial charge on any atom is -0.488 e. The number of ether oxygens (including phenoxy) is 1. The summed E-state index contributed by atoms with van der Waals surface area (Å²) in [5.41, 5.74) is 0.209. The molecule has 1 aromatic carbocycles. The van der Waals surface area contributed by atoms with Crippen LogP contribution in [0, 0.1) is 3.57 Å². The van der Waals surface area contributed by atoms with E-state index in [9.17, 15) is 4.79 Å². The van der Waals surface area contributed by atoms with E-state index in [4.69, 9.17) is 9.15 Å². The Morgan fingerprint density at radius 2 is 2.12 bits per heavy atom. The van der Waals surface area contributed by atoms with Crippen molar-refractivity contribution in [2.24, 2.45) is 0 Å². The van der Waals surface area contributed by atoms with Crippen LogP contribution in [0.4, 0.5) is 0 Å². The number of halogens is 1. The number of benzene rings is 1. The van der Waals surface area contributed by atoms with E-state index in [1.165, 1.54) is 6.07 Å². The first-order valence-corrected chi connectivity index (χ1v) is 5.76. The van der Waals surface area contributed by atoms with E-state index in [2.05, 4.69) is 29.2 Å². The lowest BCUT2D eigenvalue weighted by Crippen LogP contribution is -1.99. The van der Waals surface area contributed by atoms with Gasteiger partial charge in [-0.3, -0.25) is 0 Å². The number of hydrogen-bond acceptors (Lipinski definition) is 3. The van der Waals surface area contributed by atoms with E-state index < -0.39 is 0 Å². The molecule has 82 valence electrons. The van der Waals surface area contributed by atoms with E-state index in [0.717, 1.165) is 8.96 Å². The van der Waals surface area contributed by atoms with Crippen LogP contribution in [0.5, 0.6) is 5.75 Å². The van der Waals surface area contributed by atoms with E-state index in [-0.39, 0.29) is 5.63 Å². The largest absolute Gasteiger partial charge is 0.488 e. The summed E-state index contributed by atoms with van der Waals surface area (Å²) in [6.45, 7) is 4.01. The van der Waals surface area contributed by atoms with Crippen molar-refractivity contribution < 1.29 is 9.15 Å². The van der Waals surface area contributed by atoms with Crippen LogP contribution in [0.3, 0.4) is 0 Å². The van der Waals surface area contributed by atoms with Gasteiger partial charge in [0.1, 0.15) is 12.4 Å². The smallest absolute Gasteiger partial charge is 0.336 e. The third-order valence-corrected chi connectivity index (χ3v) is 3.07. The van der Waals surface area contributed by atoms with E-state index >= 15 is 0 Å². The van der Waals surface area contributed by atoms with Crippen molar-refractivity contribution in [3.63, 3.8) is 0 Å². The van der Waals surface area contributed by atoms with Crippen LogP contribution < -0.4 is 10.4 Å². The van der Waals surface area contributed by atoms with Gasteiger partial charge in [0.05, 0.1) is 3.57 Å². The SMILES string of the molecule is C=CCOc1ccc2ccc(=O)oc2c1I. The lowest BCUT2D eigenvalue weighted by atomic mass is 10.2. The lowest BCUT2D eigenvalue weighted by Gasteiger charge is -2.07. The molecule has 16 heavy (non-hydrogen) atoms. The van der Waals surface area contributed by atoms with Gasteiger partial charge in [-0.1, -0.05) is 12.7 Å². The third kappa shape index (κ3) is 2.11. The van der Waals surface area contributed by atoms with Crippen molar-refractivity contribution in [1.82, 2.24) is 0 Å². The summed E-state index contributed by atoms with van der Waals surface area (Å²) in [7, 11) is 0. The second-order valence-electron chi connectivity index (χ2n) is 3.15. The maximum Gasteiger partial charge on any atom is 0.336 e. The Bertz CT molecular complexity index is 586. The molecule has 2 rings (SSSR count). The zero-order valence-electron chi connectivity index (χ0n) is 8.40. The van der Waals surface area contributed by atoms with Crippen molar-refractivity contribution in [2.45, 2.75) is 0 Å². The standard InChI is InChI=1S/C12H9IO3/c1-2-7-15-9-5-3-8-4-6-10(14)16-12(8)11(9)13/h2-6H,1,7H2. The normalized spacial score (nSPS) is 10.3. The van der Waals surface area contributed by atoms with E-state index in [1.54, 1.807) is 12.1 Å². The highest BCUT2D eigenvalue weighted by Crippen LogP contribution is 2.28. The van der Waals surface area contributed by atoms with Crippen LogP contribution >= 0.6 is 22.6 Å². The molecule has 0 aliphatic carbocycles. The molecule has 0 amide bonds. The van der Waals surface area contributed by atoms with Gasteiger partial charge in [0.15, 0.2) is 5.58 Å². The molecule has 0 saturated heterocycles. The summed E-state index contributed by atoms with van der Waals surface area (Å²) < 4.78 is 11.4. The van der Waals surface area contributed by atoms with Crippen molar-refractivity contribution in [1.29, 1.82) is 0 Å². The lowest BCUT2D eigenvalue weighted by molar-refractivity contribution is 0.360. The number of fused-ring (bicyclic) bond motifs is 1. The molecule has 2 aromatic rings. The van der Waals surface area contributed by atoms with Gasteiger partial charge in [-0.05, 0) is 40.8 Å². The third-order valence-electron chi connectivity index (χ3n) is 2.05. The second-order valence-corrected chi connectivity index (χ2v) is 4.23. The van der Waals surface area contributed by atoms with Crippen molar-refractivity contribution in [2.75, 3.05) is 6.61 Å². The number of rotatable bonds is 3. The molecule has 0 spiro atoms. The molecule has 3 nitrogen and oxygen atoms in total. The maximum atomic E-state index is 11.1. The highest BCUT2D eigenvalue weighted by atomic mass is 127. The average Bonchev–Trinajstić information content (AvgIpc) is 2.29. The van der Waals surface area contributed by atoms with Crippen LogP contribution in [0.25, 0.3) is 11.0 Å². The monoisotopic (exact) mass is 328 g/mol. The first-order chi connectivity index (χ1) is 7.72. The Morgan fingerprint density at radius 3 is 2.88 bits per heavy atom. The molecule has 4 heteroatoms. The fraction of sp³-hybridized carbons (Fsp3) is 0.0833. The highest BCUT2D eigenvalue weighted by molar-refractivity contribution is 14.1. The molecule has 1 aromatic heterocycles. The zero-order chi connectivity index (χ0) is 11.5. The zero-order valence-corrected chi connectivity index (χ0v) is 10.6. The molecule has 0 saturated carbocycles. The van der Waals surface area contributed by atoms with Crippen LogP contribution in [-0.2, 0) is 0 Å². The van der Waals surface area contributed by atoms with Gasteiger partial charge in [0.25, 0.3) is 0 Å². The Morgan fingerprint density at radius 1 is 1.38 bits per heavy atom. The minimum absolute atomic E-state index is 0.355. The van der Waals surface area contributed by atoms with Gasteiger partial charge in [0, 0.05) is 11.5 Å². The molecule has 0 fully saturated rings. The quantitative estimate of drug-likeness (QED) is 0.494. The summed E-state index contributed by atoms with van der Waals surface area (Å²) >= 11 is 2.10. The van der Waals surface area contributed by atoms with Crippen molar-refractivity contribution in [3.05, 3.63) is 50.9 Å². The van der Waals surface area contributed by atoms with E-state index in [1.807, 2.05) is 12.1 Å². The maximum absolute atomic E-state index is 11.1. The summed E-state index contributed by atoms with van der Waals surface area (Å²) in [6.07, 6.45) is 1.67. The van der Waals surface area contributed by atoms with Crippen LogP contribution in [0.1, 0.15) is 0 Å². The molecule has 0 N–H and O–H groups in total. The van der Waals surface area contributed by atoms with Gasteiger partial charge in [0.2, 0.25) is 0 Å². The fourth-order valence-corrected chi connectivity index (χ4v) is 2.10. The molecule has 0 atom stereocenters. The topological polar surface area (TPSA) is 39.4 Å². The summed E-state index contributed by atoms with van der Waals surface area (Å²) in [5.74, 6) is 0.697. The highest BCUT2D eigenvalue weighted by Gasteiger charge is 2.08. The van der Waals surface area contributed by atoms with Gasteiger partial charge in [-0.25, -0.2) is 4.79 Å². The van der Waals surface area contributed by atoms with Gasteiger partial charge in [-0.15, -0.1) is 0 Å². The molecule has 0 aliphatic heterocycles. The van der Waals surface area contributed by atoms with Crippen LogP contribution in [-0.4, -0.2) is 6.61 Å².